The van der Waals surface area contributed by atoms with Gasteiger partial charge < -0.3 is 9.64 Å². The van der Waals surface area contributed by atoms with Gasteiger partial charge in [0.2, 0.25) is 10.0 Å². The Balaban J connectivity index is 1.88. The van der Waals surface area contributed by atoms with Gasteiger partial charge in [-0.3, -0.25) is 4.79 Å². The number of hydrogen-bond acceptors (Lipinski definition) is 5. The highest BCUT2D eigenvalue weighted by Gasteiger charge is 2.27. The van der Waals surface area contributed by atoms with Gasteiger partial charge in [-0.15, -0.1) is 0 Å². The smallest absolute Gasteiger partial charge is 0.258 e. The van der Waals surface area contributed by atoms with Gasteiger partial charge in [0.05, 0.1) is 29.7 Å². The first-order chi connectivity index (χ1) is 12.9. The van der Waals surface area contributed by atoms with Crippen molar-refractivity contribution in [1.82, 2.24) is 4.31 Å². The lowest BCUT2D eigenvalue weighted by Crippen LogP contribution is -2.40. The van der Waals surface area contributed by atoms with Crippen molar-refractivity contribution in [2.45, 2.75) is 4.90 Å². The highest BCUT2D eigenvalue weighted by molar-refractivity contribution is 7.89. The van der Waals surface area contributed by atoms with Crippen molar-refractivity contribution in [2.24, 2.45) is 0 Å². The fraction of sp³-hybridized carbons (Fsp3) is 0.263. The van der Waals surface area contributed by atoms with Crippen molar-refractivity contribution in [3.8, 4) is 6.07 Å². The van der Waals surface area contributed by atoms with E-state index >= 15 is 0 Å². The molecule has 1 aliphatic rings. The van der Waals surface area contributed by atoms with Crippen LogP contribution in [0.15, 0.2) is 53.4 Å². The molecule has 3 rings (SSSR count). The molecule has 2 aromatic carbocycles. The summed E-state index contributed by atoms with van der Waals surface area (Å²) in [6.07, 6.45) is 0. The molecule has 0 spiro atoms. The number of hydrogen-bond donors (Lipinski definition) is 0. The molecule has 140 valence electrons. The molecule has 0 aromatic heterocycles. The van der Waals surface area contributed by atoms with E-state index in [2.05, 4.69) is 0 Å². The van der Waals surface area contributed by atoms with Crippen LogP contribution in [0.5, 0.6) is 0 Å². The van der Waals surface area contributed by atoms with Crippen LogP contribution in [0.1, 0.15) is 15.9 Å². The van der Waals surface area contributed by atoms with Crippen molar-refractivity contribution < 1.29 is 17.9 Å². The van der Waals surface area contributed by atoms with Crippen molar-refractivity contribution in [3.05, 3.63) is 59.7 Å². The normalized spacial score (nSPS) is 15.1. The molecule has 1 saturated heterocycles. The molecular weight excluding hydrogens is 366 g/mol. The number of benzene rings is 2. The predicted molar refractivity (Wildman–Crippen MR) is 99.9 cm³/mol. The van der Waals surface area contributed by atoms with Gasteiger partial charge in [-0.25, -0.2) is 8.42 Å². The second-order valence-electron chi connectivity index (χ2n) is 6.07. The summed E-state index contributed by atoms with van der Waals surface area (Å²) >= 11 is 0. The zero-order chi connectivity index (χ0) is 19.4. The van der Waals surface area contributed by atoms with Crippen LogP contribution in [-0.4, -0.2) is 52.0 Å². The molecule has 2 aromatic rings. The number of sulfonamides is 1. The Morgan fingerprint density at radius 2 is 1.85 bits per heavy atom. The molecule has 0 radical (unpaired) electrons. The number of nitrogens with zero attached hydrogens (tertiary/aromatic N) is 3. The second-order valence-corrected chi connectivity index (χ2v) is 8.01. The van der Waals surface area contributed by atoms with Gasteiger partial charge in [-0.1, -0.05) is 12.1 Å². The number of amides is 1. The van der Waals surface area contributed by atoms with Gasteiger partial charge >= 0.3 is 0 Å². The van der Waals surface area contributed by atoms with Gasteiger partial charge in [0.15, 0.2) is 0 Å². The third-order valence-electron chi connectivity index (χ3n) is 4.36. The average Bonchev–Trinajstić information content (AvgIpc) is 2.73. The SMILES string of the molecule is CN(C(=O)c1cccc(S(=O)(=O)N2CCOCC2)c1)c1cccc(C#N)c1. The van der Waals surface area contributed by atoms with Crippen LogP contribution in [0.25, 0.3) is 0 Å². The Labute approximate surface area is 158 Å². The summed E-state index contributed by atoms with van der Waals surface area (Å²) in [6, 6.07) is 14.7. The first-order valence-corrected chi connectivity index (χ1v) is 9.83. The predicted octanol–water partition coefficient (Wildman–Crippen LogP) is 1.86. The van der Waals surface area contributed by atoms with E-state index < -0.39 is 10.0 Å². The molecule has 7 nitrogen and oxygen atoms in total. The first kappa shape index (κ1) is 19.0. The van der Waals surface area contributed by atoms with E-state index in [4.69, 9.17) is 10.00 Å². The average molecular weight is 385 g/mol. The molecular formula is C19H19N3O4S. The van der Waals surface area contributed by atoms with Gasteiger partial charge in [0.1, 0.15) is 0 Å². The highest BCUT2D eigenvalue weighted by Crippen LogP contribution is 2.21. The summed E-state index contributed by atoms with van der Waals surface area (Å²) in [7, 11) is -2.09. The van der Waals surface area contributed by atoms with E-state index in [0.717, 1.165) is 0 Å². The summed E-state index contributed by atoms with van der Waals surface area (Å²) in [5.74, 6) is -0.357. The van der Waals surface area contributed by atoms with Crippen LogP contribution >= 0.6 is 0 Å². The molecule has 27 heavy (non-hydrogen) atoms. The van der Waals surface area contributed by atoms with E-state index in [1.54, 1.807) is 43.4 Å². The first-order valence-electron chi connectivity index (χ1n) is 8.39. The minimum Gasteiger partial charge on any atom is -0.379 e. The van der Waals surface area contributed by atoms with Gasteiger partial charge in [-0.05, 0) is 36.4 Å². The summed E-state index contributed by atoms with van der Waals surface area (Å²) in [5.41, 5.74) is 1.26. The van der Waals surface area contributed by atoms with E-state index in [0.29, 0.717) is 37.6 Å². The van der Waals surface area contributed by atoms with Crippen molar-refractivity contribution in [2.75, 3.05) is 38.3 Å². The molecule has 8 heteroatoms. The lowest BCUT2D eigenvalue weighted by atomic mass is 10.1. The maximum atomic E-state index is 12.8. The Hall–Kier alpha value is -2.73. The van der Waals surface area contributed by atoms with Gasteiger partial charge in [0.25, 0.3) is 5.91 Å². The second kappa shape index (κ2) is 7.88. The van der Waals surface area contributed by atoms with Crippen LogP contribution in [0, 0.1) is 11.3 Å². The maximum Gasteiger partial charge on any atom is 0.258 e. The summed E-state index contributed by atoms with van der Waals surface area (Å²) in [6.45, 7) is 1.30. The lowest BCUT2D eigenvalue weighted by Gasteiger charge is -2.26. The molecule has 1 heterocycles. The molecule has 0 N–H and O–H groups in total. The Morgan fingerprint density at radius 3 is 2.56 bits per heavy atom. The Kier molecular flexibility index (Phi) is 5.56. The molecule has 0 atom stereocenters. The lowest BCUT2D eigenvalue weighted by molar-refractivity contribution is 0.0730. The molecule has 0 bridgehead atoms. The summed E-state index contributed by atoms with van der Waals surface area (Å²) in [5, 5.41) is 9.02. The number of carbonyl (C=O) groups is 1. The minimum atomic E-state index is -3.68. The van der Waals surface area contributed by atoms with Crippen LogP contribution < -0.4 is 4.90 Å². The topological polar surface area (TPSA) is 90.7 Å². The zero-order valence-electron chi connectivity index (χ0n) is 14.8. The monoisotopic (exact) mass is 385 g/mol. The number of anilines is 1. The molecule has 1 fully saturated rings. The van der Waals surface area contributed by atoms with Crippen LogP contribution in [-0.2, 0) is 14.8 Å². The third-order valence-corrected chi connectivity index (χ3v) is 6.25. The number of rotatable bonds is 4. The van der Waals surface area contributed by atoms with E-state index in [1.807, 2.05) is 6.07 Å². The molecule has 0 unspecified atom stereocenters. The molecule has 0 saturated carbocycles. The maximum absolute atomic E-state index is 12.8. The number of morpholine rings is 1. The van der Waals surface area contributed by atoms with Crippen LogP contribution in [0.3, 0.4) is 0 Å². The van der Waals surface area contributed by atoms with E-state index in [-0.39, 0.29) is 16.4 Å². The minimum absolute atomic E-state index is 0.0782. The number of carbonyl (C=O) groups excluding carboxylic acids is 1. The van der Waals surface area contributed by atoms with Crippen LogP contribution in [0.2, 0.25) is 0 Å². The fourth-order valence-electron chi connectivity index (χ4n) is 2.82. The molecule has 1 aliphatic heterocycles. The Bertz CT molecular complexity index is 992. The Morgan fingerprint density at radius 1 is 1.15 bits per heavy atom. The van der Waals surface area contributed by atoms with Gasteiger partial charge in [-0.2, -0.15) is 9.57 Å². The number of ether oxygens (including phenoxy) is 1. The highest BCUT2D eigenvalue weighted by atomic mass is 32.2. The third kappa shape index (κ3) is 4.01. The largest absolute Gasteiger partial charge is 0.379 e. The summed E-state index contributed by atoms with van der Waals surface area (Å²) in [4.78, 5) is 14.3. The van der Waals surface area contributed by atoms with Crippen molar-refractivity contribution in [3.63, 3.8) is 0 Å². The zero-order valence-corrected chi connectivity index (χ0v) is 15.6. The van der Waals surface area contributed by atoms with Gasteiger partial charge in [0, 0.05) is 31.4 Å². The molecule has 0 aliphatic carbocycles. The quantitative estimate of drug-likeness (QED) is 0.801. The van der Waals surface area contributed by atoms with Crippen molar-refractivity contribution in [1.29, 1.82) is 5.26 Å². The summed E-state index contributed by atoms with van der Waals surface area (Å²) < 4.78 is 32.2. The molecule has 1 amide bonds. The standard InChI is InChI=1S/C19H19N3O4S/c1-21(17-6-2-4-15(12-17)14-20)19(23)16-5-3-7-18(13-16)27(24,25)22-8-10-26-11-9-22/h2-7,12-13H,8-11H2,1H3. The fourth-order valence-corrected chi connectivity index (χ4v) is 4.27. The van der Waals surface area contributed by atoms with E-state index in [9.17, 15) is 13.2 Å². The van der Waals surface area contributed by atoms with Crippen LogP contribution in [0.4, 0.5) is 5.69 Å². The van der Waals surface area contributed by atoms with E-state index in [1.165, 1.54) is 21.3 Å². The number of nitriles is 1. The van der Waals surface area contributed by atoms with Crippen molar-refractivity contribution >= 4 is 21.6 Å².